The average molecular weight is 459 g/mol. The molecule has 7 heteroatoms. The van der Waals surface area contributed by atoms with Crippen LogP contribution < -0.4 is 16.0 Å². The highest BCUT2D eigenvalue weighted by molar-refractivity contribution is 6.04. The van der Waals surface area contributed by atoms with E-state index >= 15 is 0 Å². The molecule has 3 N–H and O–H groups in total. The Balaban J connectivity index is 1.60. The van der Waals surface area contributed by atoms with E-state index in [-0.39, 0.29) is 30.7 Å². The van der Waals surface area contributed by atoms with Crippen LogP contribution in [0.25, 0.3) is 0 Å². The Morgan fingerprint density at radius 2 is 1.47 bits per heavy atom. The van der Waals surface area contributed by atoms with Crippen molar-refractivity contribution >= 4 is 29.1 Å². The van der Waals surface area contributed by atoms with Gasteiger partial charge in [-0.1, -0.05) is 60.2 Å². The number of benzene rings is 3. The number of nitrogens with zero attached hydrogens (tertiary/aromatic N) is 1. The number of carbonyl (C=O) groups is 3. The third-order valence-corrected chi connectivity index (χ3v) is 5.32. The van der Waals surface area contributed by atoms with Crippen molar-refractivity contribution < 1.29 is 14.4 Å². The lowest BCUT2D eigenvalue weighted by Crippen LogP contribution is -2.27. The van der Waals surface area contributed by atoms with Crippen molar-refractivity contribution in [2.75, 3.05) is 31.3 Å². The van der Waals surface area contributed by atoms with Gasteiger partial charge in [0.15, 0.2) is 0 Å². The molecule has 0 heterocycles. The Hall–Kier alpha value is -4.13. The zero-order chi connectivity index (χ0) is 24.5. The minimum Gasteiger partial charge on any atom is -0.376 e. The Morgan fingerprint density at radius 3 is 2.18 bits per heavy atom. The number of anilines is 2. The first-order valence-electron chi connectivity index (χ1n) is 11.1. The molecule has 0 aromatic heterocycles. The van der Waals surface area contributed by atoms with Crippen molar-refractivity contribution in [3.05, 3.63) is 95.1 Å². The molecule has 0 atom stereocenters. The van der Waals surface area contributed by atoms with Crippen molar-refractivity contribution in [1.29, 1.82) is 0 Å². The summed E-state index contributed by atoms with van der Waals surface area (Å²) >= 11 is 0. The standard InChI is InChI=1S/C27H30N4O3/c1-19-12-14-20(15-13-19)17-29-27(34)22-9-5-7-11-24(22)30-25(32)18-28-23-10-6-4-8-21(23)16-26(33)31(2)3/h4-15,28H,16-18H2,1-3H3,(H,29,34)(H,30,32). The van der Waals surface area contributed by atoms with Gasteiger partial charge in [-0.15, -0.1) is 0 Å². The van der Waals surface area contributed by atoms with E-state index in [0.717, 1.165) is 22.4 Å². The lowest BCUT2D eigenvalue weighted by atomic mass is 10.1. The number of hydrogen-bond donors (Lipinski definition) is 3. The maximum absolute atomic E-state index is 12.8. The van der Waals surface area contributed by atoms with Gasteiger partial charge in [-0.05, 0) is 36.2 Å². The lowest BCUT2D eigenvalue weighted by molar-refractivity contribution is -0.127. The van der Waals surface area contributed by atoms with Gasteiger partial charge < -0.3 is 20.9 Å². The lowest BCUT2D eigenvalue weighted by Gasteiger charge is -2.15. The van der Waals surface area contributed by atoms with E-state index in [1.807, 2.05) is 55.5 Å². The molecular weight excluding hydrogens is 428 g/mol. The summed E-state index contributed by atoms with van der Waals surface area (Å²) in [6.07, 6.45) is 0.238. The first kappa shape index (κ1) is 24.5. The van der Waals surface area contributed by atoms with E-state index in [9.17, 15) is 14.4 Å². The van der Waals surface area contributed by atoms with Gasteiger partial charge >= 0.3 is 0 Å². The Morgan fingerprint density at radius 1 is 0.824 bits per heavy atom. The molecule has 0 saturated heterocycles. The summed E-state index contributed by atoms with van der Waals surface area (Å²) in [5, 5.41) is 8.80. The van der Waals surface area contributed by atoms with Crippen molar-refractivity contribution in [2.24, 2.45) is 0 Å². The molecule has 0 aliphatic heterocycles. The number of nitrogens with one attached hydrogen (secondary N) is 3. The summed E-state index contributed by atoms with van der Waals surface area (Å²) < 4.78 is 0. The Labute approximate surface area is 200 Å². The van der Waals surface area contributed by atoms with E-state index in [1.165, 1.54) is 4.90 Å². The summed E-state index contributed by atoms with van der Waals surface area (Å²) in [6.45, 7) is 2.40. The van der Waals surface area contributed by atoms with Gasteiger partial charge in [0.05, 0.1) is 24.2 Å². The summed E-state index contributed by atoms with van der Waals surface area (Å²) in [4.78, 5) is 39.0. The zero-order valence-electron chi connectivity index (χ0n) is 19.7. The second-order valence-corrected chi connectivity index (χ2v) is 8.24. The number of likely N-dealkylation sites (N-methyl/N-ethyl adjacent to an activating group) is 1. The summed E-state index contributed by atoms with van der Waals surface area (Å²) in [6, 6.07) is 22.2. The van der Waals surface area contributed by atoms with E-state index in [4.69, 9.17) is 0 Å². The molecule has 0 bridgehead atoms. The van der Waals surface area contributed by atoms with Gasteiger partial charge in [0, 0.05) is 26.3 Å². The van der Waals surface area contributed by atoms with Crippen LogP contribution in [0.5, 0.6) is 0 Å². The second-order valence-electron chi connectivity index (χ2n) is 8.24. The highest BCUT2D eigenvalue weighted by atomic mass is 16.2. The predicted octanol–water partition coefficient (Wildman–Crippen LogP) is 3.61. The maximum atomic E-state index is 12.8. The number of aryl methyl sites for hydroxylation is 1. The average Bonchev–Trinajstić information content (AvgIpc) is 2.83. The largest absolute Gasteiger partial charge is 0.376 e. The van der Waals surface area contributed by atoms with E-state index in [0.29, 0.717) is 17.8 Å². The molecule has 34 heavy (non-hydrogen) atoms. The molecule has 0 aliphatic rings. The minimum absolute atomic E-state index is 0.00745. The number of rotatable bonds is 9. The number of para-hydroxylation sites is 2. The minimum atomic E-state index is -0.299. The van der Waals surface area contributed by atoms with Crippen molar-refractivity contribution in [3.8, 4) is 0 Å². The van der Waals surface area contributed by atoms with Crippen molar-refractivity contribution in [3.63, 3.8) is 0 Å². The van der Waals surface area contributed by atoms with Gasteiger partial charge in [-0.25, -0.2) is 0 Å². The zero-order valence-corrected chi connectivity index (χ0v) is 19.7. The molecule has 0 fully saturated rings. The van der Waals surface area contributed by atoms with Crippen LogP contribution in [0.3, 0.4) is 0 Å². The Kier molecular flexibility index (Phi) is 8.40. The summed E-state index contributed by atoms with van der Waals surface area (Å²) in [7, 11) is 3.42. The number of amides is 3. The molecular formula is C27H30N4O3. The van der Waals surface area contributed by atoms with Gasteiger partial charge in [0.2, 0.25) is 11.8 Å². The van der Waals surface area contributed by atoms with E-state index < -0.39 is 0 Å². The first-order valence-corrected chi connectivity index (χ1v) is 11.1. The molecule has 0 radical (unpaired) electrons. The van der Waals surface area contributed by atoms with Gasteiger partial charge in [-0.3, -0.25) is 14.4 Å². The monoisotopic (exact) mass is 458 g/mol. The molecule has 0 spiro atoms. The SMILES string of the molecule is Cc1ccc(CNC(=O)c2ccccc2NC(=O)CNc2ccccc2CC(=O)N(C)C)cc1. The fourth-order valence-electron chi connectivity index (χ4n) is 3.31. The van der Waals surface area contributed by atoms with Gasteiger partial charge in [-0.2, -0.15) is 0 Å². The third-order valence-electron chi connectivity index (χ3n) is 5.32. The molecule has 7 nitrogen and oxygen atoms in total. The van der Waals surface area contributed by atoms with Crippen LogP contribution in [0.2, 0.25) is 0 Å². The third kappa shape index (κ3) is 6.93. The van der Waals surface area contributed by atoms with Crippen molar-refractivity contribution in [2.45, 2.75) is 19.9 Å². The highest BCUT2D eigenvalue weighted by Gasteiger charge is 2.14. The fourth-order valence-corrected chi connectivity index (χ4v) is 3.31. The summed E-state index contributed by atoms with van der Waals surface area (Å²) in [5.74, 6) is -0.589. The van der Waals surface area contributed by atoms with Crippen LogP contribution in [0.15, 0.2) is 72.8 Å². The fraction of sp³-hybridized carbons (Fsp3) is 0.222. The van der Waals surface area contributed by atoms with Crippen LogP contribution in [-0.4, -0.2) is 43.3 Å². The van der Waals surface area contributed by atoms with E-state index in [1.54, 1.807) is 38.4 Å². The van der Waals surface area contributed by atoms with Gasteiger partial charge in [0.1, 0.15) is 0 Å². The molecule has 176 valence electrons. The van der Waals surface area contributed by atoms with Crippen LogP contribution in [0.1, 0.15) is 27.0 Å². The van der Waals surface area contributed by atoms with Crippen LogP contribution in [0.4, 0.5) is 11.4 Å². The van der Waals surface area contributed by atoms with Gasteiger partial charge in [0.25, 0.3) is 5.91 Å². The quantitative estimate of drug-likeness (QED) is 0.457. The predicted molar refractivity (Wildman–Crippen MR) is 135 cm³/mol. The van der Waals surface area contributed by atoms with E-state index in [2.05, 4.69) is 16.0 Å². The number of carbonyl (C=O) groups excluding carboxylic acids is 3. The topological polar surface area (TPSA) is 90.5 Å². The molecule has 0 unspecified atom stereocenters. The van der Waals surface area contributed by atoms with Crippen LogP contribution in [-0.2, 0) is 22.6 Å². The van der Waals surface area contributed by atoms with Crippen LogP contribution in [0, 0.1) is 6.92 Å². The second kappa shape index (κ2) is 11.7. The molecule has 0 aliphatic carbocycles. The molecule has 3 aromatic rings. The molecule has 3 rings (SSSR count). The maximum Gasteiger partial charge on any atom is 0.253 e. The molecule has 3 aromatic carbocycles. The van der Waals surface area contributed by atoms with Crippen LogP contribution >= 0.6 is 0 Å². The normalized spacial score (nSPS) is 10.3. The summed E-state index contributed by atoms with van der Waals surface area (Å²) in [5.41, 5.74) is 4.51. The molecule has 3 amide bonds. The smallest absolute Gasteiger partial charge is 0.253 e. The first-order chi connectivity index (χ1) is 16.3. The highest BCUT2D eigenvalue weighted by Crippen LogP contribution is 2.18. The Bertz CT molecular complexity index is 1160. The molecule has 0 saturated carbocycles. The van der Waals surface area contributed by atoms with Crippen molar-refractivity contribution in [1.82, 2.24) is 10.2 Å². The number of hydrogen-bond acceptors (Lipinski definition) is 4.